The predicted octanol–water partition coefficient (Wildman–Crippen LogP) is 3.71. The molecule has 2 heterocycles. The molecule has 0 amide bonds. The van der Waals surface area contributed by atoms with E-state index < -0.39 is 5.97 Å². The van der Waals surface area contributed by atoms with E-state index in [-0.39, 0.29) is 5.88 Å². The first-order valence-corrected chi connectivity index (χ1v) is 7.98. The molecule has 0 radical (unpaired) electrons. The zero-order valence-electron chi connectivity index (χ0n) is 13.3. The van der Waals surface area contributed by atoms with Gasteiger partial charge in [-0.15, -0.1) is 0 Å². The van der Waals surface area contributed by atoms with Crippen molar-refractivity contribution in [1.29, 1.82) is 0 Å². The standard InChI is InChI=1S/C18H14ClN3O3/c1-25-18(24)11-5-3-7-13-16(11)21-14(20-13)9-22-8-10-4-2-6-12(19)15(10)17(22)23/h2-8,23H,9H2,1H3,(H,20,21). The van der Waals surface area contributed by atoms with E-state index >= 15 is 0 Å². The topological polar surface area (TPSA) is 80.1 Å². The number of halogens is 1. The number of nitrogens with one attached hydrogen (secondary N) is 1. The summed E-state index contributed by atoms with van der Waals surface area (Å²) in [5, 5.41) is 12.4. The van der Waals surface area contributed by atoms with Crippen molar-refractivity contribution in [2.75, 3.05) is 7.11 Å². The van der Waals surface area contributed by atoms with Crippen molar-refractivity contribution < 1.29 is 14.6 Å². The Kier molecular flexibility index (Phi) is 3.62. The molecule has 0 fully saturated rings. The molecule has 4 rings (SSSR count). The normalized spacial score (nSPS) is 11.3. The van der Waals surface area contributed by atoms with Crippen molar-refractivity contribution in [3.63, 3.8) is 0 Å². The van der Waals surface area contributed by atoms with Crippen molar-refractivity contribution in [2.45, 2.75) is 6.54 Å². The zero-order valence-corrected chi connectivity index (χ0v) is 14.0. The van der Waals surface area contributed by atoms with Crippen LogP contribution in [0.15, 0.2) is 42.6 Å². The summed E-state index contributed by atoms with van der Waals surface area (Å²) < 4.78 is 6.45. The van der Waals surface area contributed by atoms with Gasteiger partial charge < -0.3 is 19.4 Å². The highest BCUT2D eigenvalue weighted by molar-refractivity contribution is 6.36. The van der Waals surface area contributed by atoms with Crippen LogP contribution >= 0.6 is 11.6 Å². The Balaban J connectivity index is 1.78. The number of carbonyl (C=O) groups is 1. The minimum absolute atomic E-state index is 0.0780. The van der Waals surface area contributed by atoms with Crippen LogP contribution in [0.1, 0.15) is 16.2 Å². The van der Waals surface area contributed by atoms with Crippen molar-refractivity contribution in [3.05, 3.63) is 59.0 Å². The van der Waals surface area contributed by atoms with E-state index in [2.05, 4.69) is 9.97 Å². The van der Waals surface area contributed by atoms with Crippen molar-refractivity contribution in [2.24, 2.45) is 0 Å². The lowest BCUT2D eigenvalue weighted by atomic mass is 10.2. The third-order valence-electron chi connectivity index (χ3n) is 4.12. The van der Waals surface area contributed by atoms with Gasteiger partial charge in [0.2, 0.25) is 5.88 Å². The molecular weight excluding hydrogens is 342 g/mol. The SMILES string of the molecule is COC(=O)c1cccc2[nH]c(Cn3cc4cccc(Cl)c4c3O)nc12. The summed E-state index contributed by atoms with van der Waals surface area (Å²) in [5.74, 6) is 0.248. The number of imidazole rings is 1. The van der Waals surface area contributed by atoms with E-state index in [9.17, 15) is 9.90 Å². The van der Waals surface area contributed by atoms with Gasteiger partial charge in [0.15, 0.2) is 0 Å². The second kappa shape index (κ2) is 5.82. The van der Waals surface area contributed by atoms with E-state index in [4.69, 9.17) is 16.3 Å². The summed E-state index contributed by atoms with van der Waals surface area (Å²) in [6.07, 6.45) is 1.81. The Hall–Kier alpha value is -2.99. The summed E-state index contributed by atoms with van der Waals surface area (Å²) >= 11 is 6.17. The second-order valence-corrected chi connectivity index (χ2v) is 6.07. The number of hydrogen-bond acceptors (Lipinski definition) is 4. The lowest BCUT2D eigenvalue weighted by Gasteiger charge is -2.02. The van der Waals surface area contributed by atoms with Gasteiger partial charge in [-0.3, -0.25) is 0 Å². The van der Waals surface area contributed by atoms with Crippen LogP contribution in [0, 0.1) is 0 Å². The molecule has 0 saturated heterocycles. The minimum atomic E-state index is -0.440. The Labute approximate surface area is 147 Å². The molecule has 0 aliphatic rings. The van der Waals surface area contributed by atoms with Crippen LogP contribution in [0.25, 0.3) is 21.8 Å². The number of H-pyrrole nitrogens is 1. The van der Waals surface area contributed by atoms with Gasteiger partial charge in [-0.1, -0.05) is 29.8 Å². The van der Waals surface area contributed by atoms with Gasteiger partial charge in [0.05, 0.1) is 35.1 Å². The molecule has 0 unspecified atom stereocenters. The lowest BCUT2D eigenvalue weighted by molar-refractivity contribution is 0.0603. The van der Waals surface area contributed by atoms with Crippen molar-refractivity contribution in [3.8, 4) is 5.88 Å². The summed E-state index contributed by atoms with van der Waals surface area (Å²) in [6, 6.07) is 10.7. The van der Waals surface area contributed by atoms with Crippen molar-refractivity contribution in [1.82, 2.24) is 14.5 Å². The molecule has 7 heteroatoms. The minimum Gasteiger partial charge on any atom is -0.494 e. The monoisotopic (exact) mass is 355 g/mol. The molecule has 0 atom stereocenters. The highest BCUT2D eigenvalue weighted by Crippen LogP contribution is 2.33. The summed E-state index contributed by atoms with van der Waals surface area (Å²) in [6.45, 7) is 0.312. The third-order valence-corrected chi connectivity index (χ3v) is 4.44. The number of aromatic amines is 1. The number of hydrogen-bond donors (Lipinski definition) is 2. The smallest absolute Gasteiger partial charge is 0.340 e. The number of methoxy groups -OCH3 is 1. The maximum absolute atomic E-state index is 11.9. The number of para-hydroxylation sites is 1. The maximum atomic E-state index is 11.9. The Morgan fingerprint density at radius 2 is 2.12 bits per heavy atom. The lowest BCUT2D eigenvalue weighted by Crippen LogP contribution is -2.02. The fraction of sp³-hybridized carbons (Fsp3) is 0.111. The molecule has 0 aliphatic carbocycles. The molecule has 0 bridgehead atoms. The van der Waals surface area contributed by atoms with Gasteiger partial charge in [-0.2, -0.15) is 0 Å². The average molecular weight is 356 g/mol. The van der Waals surface area contributed by atoms with Crippen molar-refractivity contribution >= 4 is 39.4 Å². The molecule has 4 aromatic rings. The summed E-state index contributed by atoms with van der Waals surface area (Å²) in [4.78, 5) is 19.5. The van der Waals surface area contributed by atoms with Gasteiger partial charge in [-0.25, -0.2) is 9.78 Å². The van der Waals surface area contributed by atoms with Crippen LogP contribution in [0.2, 0.25) is 5.02 Å². The van der Waals surface area contributed by atoms with E-state index in [1.807, 2.05) is 24.4 Å². The molecular formula is C18H14ClN3O3. The molecule has 6 nitrogen and oxygen atoms in total. The van der Waals surface area contributed by atoms with Crippen LogP contribution in [-0.4, -0.2) is 32.7 Å². The van der Waals surface area contributed by atoms with E-state index in [0.29, 0.717) is 33.9 Å². The molecule has 0 aliphatic heterocycles. The number of ether oxygens (including phenoxy) is 1. The van der Waals surface area contributed by atoms with Gasteiger partial charge in [-0.05, 0) is 18.2 Å². The molecule has 0 saturated carbocycles. The fourth-order valence-corrected chi connectivity index (χ4v) is 3.24. The predicted molar refractivity (Wildman–Crippen MR) is 95.1 cm³/mol. The van der Waals surface area contributed by atoms with Crippen LogP contribution in [0.5, 0.6) is 5.88 Å². The van der Waals surface area contributed by atoms with Gasteiger partial charge in [0.1, 0.15) is 11.3 Å². The Bertz CT molecular complexity index is 1110. The number of benzene rings is 2. The number of nitrogens with zero attached hydrogens (tertiary/aromatic N) is 2. The second-order valence-electron chi connectivity index (χ2n) is 5.66. The van der Waals surface area contributed by atoms with E-state index in [0.717, 1.165) is 10.9 Å². The van der Waals surface area contributed by atoms with Crippen LogP contribution < -0.4 is 0 Å². The Morgan fingerprint density at radius 1 is 1.32 bits per heavy atom. The average Bonchev–Trinajstić information content (AvgIpc) is 3.16. The number of aromatic hydroxyl groups is 1. The molecule has 0 spiro atoms. The third kappa shape index (κ3) is 2.51. The Morgan fingerprint density at radius 3 is 2.88 bits per heavy atom. The molecule has 2 aromatic heterocycles. The first-order valence-electron chi connectivity index (χ1n) is 7.60. The molecule has 2 aromatic carbocycles. The first-order chi connectivity index (χ1) is 12.1. The number of rotatable bonds is 3. The number of aromatic nitrogens is 3. The van der Waals surface area contributed by atoms with E-state index in [1.165, 1.54) is 7.11 Å². The highest BCUT2D eigenvalue weighted by atomic mass is 35.5. The number of esters is 1. The van der Waals surface area contributed by atoms with E-state index in [1.54, 1.807) is 22.8 Å². The largest absolute Gasteiger partial charge is 0.494 e. The number of carbonyl (C=O) groups excluding carboxylic acids is 1. The first kappa shape index (κ1) is 15.5. The molecule has 126 valence electrons. The van der Waals surface area contributed by atoms with Crippen LogP contribution in [-0.2, 0) is 11.3 Å². The highest BCUT2D eigenvalue weighted by Gasteiger charge is 2.16. The van der Waals surface area contributed by atoms with Crippen LogP contribution in [0.3, 0.4) is 0 Å². The maximum Gasteiger partial charge on any atom is 0.340 e. The van der Waals surface area contributed by atoms with Gasteiger partial charge >= 0.3 is 5.97 Å². The number of fused-ring (bicyclic) bond motifs is 2. The molecule has 25 heavy (non-hydrogen) atoms. The summed E-state index contributed by atoms with van der Waals surface area (Å²) in [7, 11) is 1.34. The van der Waals surface area contributed by atoms with Crippen LogP contribution in [0.4, 0.5) is 0 Å². The summed E-state index contributed by atoms with van der Waals surface area (Å²) in [5.41, 5.74) is 1.66. The zero-order chi connectivity index (χ0) is 17.6. The fourth-order valence-electron chi connectivity index (χ4n) is 2.97. The quantitative estimate of drug-likeness (QED) is 0.549. The molecule has 2 N–H and O–H groups in total. The van der Waals surface area contributed by atoms with Gasteiger partial charge in [0, 0.05) is 11.6 Å². The van der Waals surface area contributed by atoms with Gasteiger partial charge in [0.25, 0.3) is 0 Å².